The van der Waals surface area contributed by atoms with Gasteiger partial charge in [-0.05, 0) is 50.8 Å². The molecule has 142 valence electrons. The van der Waals surface area contributed by atoms with E-state index in [1.165, 1.54) is 29.0 Å². The molecule has 6 heteroatoms. The molecule has 1 saturated heterocycles. The predicted molar refractivity (Wildman–Crippen MR) is 108 cm³/mol. The summed E-state index contributed by atoms with van der Waals surface area (Å²) < 4.78 is 5.60. The van der Waals surface area contributed by atoms with Gasteiger partial charge in [-0.25, -0.2) is 4.98 Å². The van der Waals surface area contributed by atoms with Crippen LogP contribution in [0.3, 0.4) is 0 Å². The van der Waals surface area contributed by atoms with Gasteiger partial charge >= 0.3 is 0 Å². The Bertz CT molecular complexity index is 872. The second-order valence-corrected chi connectivity index (χ2v) is 8.07. The van der Waals surface area contributed by atoms with Gasteiger partial charge in [-0.1, -0.05) is 29.5 Å². The van der Waals surface area contributed by atoms with Gasteiger partial charge in [-0.2, -0.15) is 0 Å². The van der Waals surface area contributed by atoms with Crippen molar-refractivity contribution < 1.29 is 9.53 Å². The summed E-state index contributed by atoms with van der Waals surface area (Å²) in [5.74, 6) is 1.38. The lowest BCUT2D eigenvalue weighted by molar-refractivity contribution is 0.102. The van der Waals surface area contributed by atoms with Crippen LogP contribution in [0.15, 0.2) is 36.0 Å². The fourth-order valence-electron chi connectivity index (χ4n) is 4.04. The first-order valence-corrected chi connectivity index (χ1v) is 10.4. The van der Waals surface area contributed by atoms with Crippen LogP contribution in [0.2, 0.25) is 0 Å². The molecule has 0 bridgehead atoms. The minimum absolute atomic E-state index is 0.0738. The minimum atomic E-state index is 0.0738. The van der Waals surface area contributed by atoms with E-state index in [4.69, 9.17) is 9.72 Å². The summed E-state index contributed by atoms with van der Waals surface area (Å²) in [4.78, 5) is 17.3. The number of carbonyl (C=O) groups excluding carboxylic acids is 1. The zero-order chi connectivity index (χ0) is 19.0. The molecule has 5 nitrogen and oxygen atoms in total. The van der Waals surface area contributed by atoms with Gasteiger partial charge in [-0.3, -0.25) is 15.2 Å². The molecular weight excluding hydrogens is 358 g/mol. The summed E-state index contributed by atoms with van der Waals surface area (Å²) in [7, 11) is 0. The van der Waals surface area contributed by atoms with E-state index in [9.17, 15) is 4.79 Å². The molecule has 1 aliphatic carbocycles. The maximum Gasteiger partial charge on any atom is 0.205 e. The molecule has 2 heterocycles. The number of benzene rings is 1. The van der Waals surface area contributed by atoms with Crippen LogP contribution in [0, 0.1) is 12.8 Å². The number of anilines is 1. The van der Waals surface area contributed by atoms with Crippen LogP contribution >= 0.6 is 11.3 Å². The van der Waals surface area contributed by atoms with Crippen molar-refractivity contribution in [1.82, 2.24) is 10.4 Å². The third kappa shape index (κ3) is 3.34. The van der Waals surface area contributed by atoms with E-state index in [1.807, 2.05) is 26.0 Å². The Morgan fingerprint density at radius 2 is 2.15 bits per heavy atom. The van der Waals surface area contributed by atoms with Gasteiger partial charge in [0, 0.05) is 18.5 Å². The third-order valence-electron chi connectivity index (χ3n) is 5.24. The van der Waals surface area contributed by atoms with Gasteiger partial charge < -0.3 is 4.74 Å². The van der Waals surface area contributed by atoms with E-state index in [2.05, 4.69) is 28.6 Å². The summed E-state index contributed by atoms with van der Waals surface area (Å²) in [5, 5.41) is 3.01. The Balaban J connectivity index is 1.72. The lowest BCUT2D eigenvalue weighted by atomic mass is 9.84. The molecule has 2 aromatic rings. The van der Waals surface area contributed by atoms with E-state index in [-0.39, 0.29) is 11.8 Å². The number of ketones is 1. The number of rotatable bonds is 5. The van der Waals surface area contributed by atoms with Crippen LogP contribution in [0.4, 0.5) is 5.13 Å². The predicted octanol–water partition coefficient (Wildman–Crippen LogP) is 4.80. The van der Waals surface area contributed by atoms with Crippen molar-refractivity contribution in [2.45, 2.75) is 46.1 Å². The number of aryl methyl sites for hydroxylation is 1. The minimum Gasteiger partial charge on any atom is -0.494 e. The third-order valence-corrected chi connectivity index (χ3v) is 6.49. The molecule has 1 aliphatic heterocycles. The van der Waals surface area contributed by atoms with Gasteiger partial charge in [0.25, 0.3) is 0 Å². The SMILES string of the molecule is CCOc1ccc([C@H]2[C@H]3CCCC=C3NN2c2nc(C)c(C(C)=O)s2)cc1. The fourth-order valence-corrected chi connectivity index (χ4v) is 5.00. The number of aromatic nitrogens is 1. The summed E-state index contributed by atoms with van der Waals surface area (Å²) in [6.07, 6.45) is 5.77. The number of allylic oxidation sites excluding steroid dienone is 1. The van der Waals surface area contributed by atoms with Gasteiger partial charge in [0.05, 0.1) is 23.2 Å². The Morgan fingerprint density at radius 1 is 1.37 bits per heavy atom. The summed E-state index contributed by atoms with van der Waals surface area (Å²) in [5.41, 5.74) is 6.89. The number of nitrogens with zero attached hydrogens (tertiary/aromatic N) is 2. The van der Waals surface area contributed by atoms with Crippen LogP contribution in [-0.2, 0) is 0 Å². The zero-order valence-corrected chi connectivity index (χ0v) is 16.8. The number of Topliss-reactive ketones (excluding diaryl/α,β-unsaturated/α-hetero) is 1. The molecule has 27 heavy (non-hydrogen) atoms. The zero-order valence-electron chi connectivity index (χ0n) is 16.0. The molecule has 0 spiro atoms. The number of fused-ring (bicyclic) bond motifs is 1. The van der Waals surface area contributed by atoms with E-state index in [0.29, 0.717) is 12.5 Å². The van der Waals surface area contributed by atoms with E-state index < -0.39 is 0 Å². The van der Waals surface area contributed by atoms with Crippen LogP contribution < -0.4 is 15.2 Å². The first-order chi connectivity index (χ1) is 13.1. The number of carbonyl (C=O) groups is 1. The second-order valence-electron chi connectivity index (χ2n) is 7.09. The Labute approximate surface area is 164 Å². The average Bonchev–Trinajstić information content (AvgIpc) is 3.23. The molecule has 1 aromatic carbocycles. The largest absolute Gasteiger partial charge is 0.494 e. The maximum atomic E-state index is 11.9. The molecule has 0 radical (unpaired) electrons. The van der Waals surface area contributed by atoms with Crippen LogP contribution in [0.5, 0.6) is 5.75 Å². The maximum absolute atomic E-state index is 11.9. The average molecular weight is 384 g/mol. The Kier molecular flexibility index (Phi) is 4.91. The van der Waals surface area contributed by atoms with Gasteiger partial charge in [0.1, 0.15) is 5.75 Å². The number of hydrazine groups is 1. The topological polar surface area (TPSA) is 54.5 Å². The summed E-state index contributed by atoms with van der Waals surface area (Å²) in [6, 6.07) is 8.53. The van der Waals surface area contributed by atoms with Crippen molar-refractivity contribution in [2.75, 3.05) is 11.6 Å². The highest BCUT2D eigenvalue weighted by Crippen LogP contribution is 2.46. The quantitative estimate of drug-likeness (QED) is 0.752. The van der Waals surface area contributed by atoms with Gasteiger partial charge in [0.2, 0.25) is 5.13 Å². The Hall–Kier alpha value is -2.34. The van der Waals surface area contributed by atoms with Crippen LogP contribution in [-0.4, -0.2) is 17.4 Å². The highest BCUT2D eigenvalue weighted by Gasteiger charge is 2.41. The molecule has 2 atom stereocenters. The van der Waals surface area contributed by atoms with Crippen molar-refractivity contribution in [1.29, 1.82) is 0 Å². The van der Waals surface area contributed by atoms with Crippen molar-refractivity contribution in [3.05, 3.63) is 52.2 Å². The summed E-state index contributed by atoms with van der Waals surface area (Å²) in [6.45, 7) is 6.17. The molecule has 0 unspecified atom stereocenters. The highest BCUT2D eigenvalue weighted by atomic mass is 32.1. The monoisotopic (exact) mass is 383 g/mol. The number of hydrogen-bond donors (Lipinski definition) is 1. The molecule has 2 aliphatic rings. The molecule has 0 saturated carbocycles. The molecule has 0 amide bonds. The molecule has 1 fully saturated rings. The summed E-state index contributed by atoms with van der Waals surface area (Å²) >= 11 is 1.47. The first-order valence-electron chi connectivity index (χ1n) is 9.55. The first kappa shape index (κ1) is 18.0. The van der Waals surface area contributed by atoms with E-state index in [0.717, 1.165) is 34.3 Å². The van der Waals surface area contributed by atoms with Gasteiger partial charge in [0.15, 0.2) is 5.78 Å². The smallest absolute Gasteiger partial charge is 0.205 e. The fraction of sp³-hybridized carbons (Fsp3) is 0.429. The molecule has 1 aromatic heterocycles. The highest BCUT2D eigenvalue weighted by molar-refractivity contribution is 7.17. The molecule has 4 rings (SSSR count). The standard InChI is InChI=1S/C21H25N3O2S/c1-4-26-16-11-9-15(10-12-16)19-17-7-5-6-8-18(17)23-24(19)21-22-13(2)20(27-21)14(3)25/h8-12,17,19,23H,4-7H2,1-3H3/t17-,19-/m0/s1. The number of thiazole rings is 1. The second kappa shape index (κ2) is 7.35. The lowest BCUT2D eigenvalue weighted by Crippen LogP contribution is -2.32. The van der Waals surface area contributed by atoms with Crippen molar-refractivity contribution in [2.24, 2.45) is 5.92 Å². The van der Waals surface area contributed by atoms with Crippen LogP contribution in [0.1, 0.15) is 60.1 Å². The number of hydrogen-bond acceptors (Lipinski definition) is 6. The Morgan fingerprint density at radius 3 is 2.81 bits per heavy atom. The lowest BCUT2D eigenvalue weighted by Gasteiger charge is -2.27. The number of ether oxygens (including phenoxy) is 1. The van der Waals surface area contributed by atoms with Crippen molar-refractivity contribution >= 4 is 22.3 Å². The van der Waals surface area contributed by atoms with Crippen molar-refractivity contribution in [3.8, 4) is 5.75 Å². The molecular formula is C21H25N3O2S. The van der Waals surface area contributed by atoms with E-state index >= 15 is 0 Å². The van der Waals surface area contributed by atoms with Crippen molar-refractivity contribution in [3.63, 3.8) is 0 Å². The number of nitrogens with one attached hydrogen (secondary N) is 1. The van der Waals surface area contributed by atoms with Gasteiger partial charge in [-0.15, -0.1) is 0 Å². The van der Waals surface area contributed by atoms with E-state index in [1.54, 1.807) is 6.92 Å². The van der Waals surface area contributed by atoms with Crippen LogP contribution in [0.25, 0.3) is 0 Å². The molecule has 1 N–H and O–H groups in total. The normalized spacial score (nSPS) is 21.4.